The van der Waals surface area contributed by atoms with Gasteiger partial charge in [0.05, 0.1) is 17.4 Å². The predicted molar refractivity (Wildman–Crippen MR) is 182 cm³/mol. The molecular formula is C36H37ClF3N2O7P. The largest absolute Gasteiger partial charge is 1.00 e. The zero-order valence-corrected chi connectivity index (χ0v) is 30.4. The number of nitrogens with zero attached hydrogens (tertiary/aromatic N) is 2. The Morgan fingerprint density at radius 1 is 0.740 bits per heavy atom. The third-order valence-corrected chi connectivity index (χ3v) is 9.54. The van der Waals surface area contributed by atoms with Crippen LogP contribution in [0.4, 0.5) is 13.2 Å². The van der Waals surface area contributed by atoms with E-state index in [0.29, 0.717) is 16.6 Å². The van der Waals surface area contributed by atoms with Crippen LogP contribution in [0.15, 0.2) is 87.7 Å². The Bertz CT molecular complexity index is 2280. The Hall–Kier alpha value is -4.48. The summed E-state index contributed by atoms with van der Waals surface area (Å²) in [5.41, 5.74) is 5.74. The van der Waals surface area contributed by atoms with Crippen LogP contribution in [0.1, 0.15) is 11.1 Å². The molecule has 2 heterocycles. The summed E-state index contributed by atoms with van der Waals surface area (Å²) in [6.07, 6.45) is -5.19. The molecule has 0 amide bonds. The third-order valence-electron chi connectivity index (χ3n) is 7.55. The fraction of sp³-hybridized carbons (Fsp3) is 0.250. The molecule has 0 fully saturated rings. The van der Waals surface area contributed by atoms with E-state index in [2.05, 4.69) is 54.0 Å². The number of carboxylic acids is 1. The molecule has 0 unspecified atom stereocenters. The molecule has 2 aliphatic carbocycles. The summed E-state index contributed by atoms with van der Waals surface area (Å²) in [6.45, 7) is 4.07. The first kappa shape index (κ1) is 40.0. The second kappa shape index (κ2) is 16.0. The van der Waals surface area contributed by atoms with Gasteiger partial charge >= 0.3 is 13.8 Å². The Morgan fingerprint density at radius 2 is 1.24 bits per heavy atom. The molecule has 2 aliphatic heterocycles. The van der Waals surface area contributed by atoms with E-state index in [4.69, 9.17) is 27.8 Å². The van der Waals surface area contributed by atoms with Crippen molar-refractivity contribution >= 4 is 40.8 Å². The first-order chi connectivity index (χ1) is 23.0. The molecule has 0 radical (unpaired) electrons. The van der Waals surface area contributed by atoms with Crippen LogP contribution in [0, 0.1) is 13.8 Å². The van der Waals surface area contributed by atoms with E-state index in [-0.39, 0.29) is 12.4 Å². The average molecular weight is 733 g/mol. The Morgan fingerprint density at radius 3 is 1.78 bits per heavy atom. The van der Waals surface area contributed by atoms with Crippen molar-refractivity contribution in [2.45, 2.75) is 20.0 Å². The van der Waals surface area contributed by atoms with Gasteiger partial charge < -0.3 is 40.2 Å². The van der Waals surface area contributed by atoms with Crippen LogP contribution in [0.3, 0.4) is 0 Å². The molecule has 0 aromatic heterocycles. The fourth-order valence-electron chi connectivity index (χ4n) is 4.94. The summed E-state index contributed by atoms with van der Waals surface area (Å²) >= 11 is 0. The van der Waals surface area contributed by atoms with E-state index < -0.39 is 19.7 Å². The molecule has 0 atom stereocenters. The predicted octanol–water partition coefficient (Wildman–Crippen LogP) is 2.17. The SMILES string of the molecule is COP(=O)(OC)c1c2ccc(=[N+](C)C)cc-2oc2cc(C)ccc12.Cc1ccc2cc3ccc(=[N+](C)C)cc-3oc2c1.O=C([O-])C(F)(F)F.[Cl-]. The molecule has 9 nitrogen and oxygen atoms in total. The second-order valence-corrected chi connectivity index (χ2v) is 13.7. The summed E-state index contributed by atoms with van der Waals surface area (Å²) in [6, 6.07) is 26.3. The summed E-state index contributed by atoms with van der Waals surface area (Å²) in [7, 11) is 7.33. The van der Waals surface area contributed by atoms with E-state index in [0.717, 1.165) is 49.5 Å². The third kappa shape index (κ3) is 9.00. The highest BCUT2D eigenvalue weighted by Crippen LogP contribution is 2.50. The Balaban J connectivity index is 0.000000229. The van der Waals surface area contributed by atoms with Crippen LogP contribution in [0.5, 0.6) is 0 Å². The second-order valence-electron chi connectivity index (χ2n) is 11.6. The molecule has 6 rings (SSSR count). The van der Waals surface area contributed by atoms with Crippen LogP contribution in [0.25, 0.3) is 44.6 Å². The lowest BCUT2D eigenvalue weighted by Crippen LogP contribution is -3.00. The standard InChI is InChI=1S/C18H21NO4P.C16H16NO.C2HF3O2.ClH/c1-12-6-8-14-16(10-12)23-17-11-13(19(2)3)7-9-15(17)18(14)24(20,21-4)22-5;1-11-4-5-12-9-13-6-7-14(17(2)3)10-16(13)18-15(12)8-11;3-2(4,5)1(6)7;/h6-11H,1-5H3;4-10H,1-3H3;(H,6,7);1H/q2*+1;;/p-2. The Labute approximate surface area is 293 Å². The molecule has 0 spiro atoms. The van der Waals surface area contributed by atoms with Gasteiger partial charge in [-0.3, -0.25) is 4.57 Å². The smallest absolute Gasteiger partial charge is 0.430 e. The van der Waals surface area contributed by atoms with Crippen LogP contribution in [-0.2, 0) is 18.4 Å². The maximum absolute atomic E-state index is 13.2. The lowest BCUT2D eigenvalue weighted by Gasteiger charge is -2.20. The highest BCUT2D eigenvalue weighted by molar-refractivity contribution is 7.63. The van der Waals surface area contributed by atoms with Gasteiger partial charge in [0.25, 0.3) is 0 Å². The molecule has 0 bridgehead atoms. The molecule has 14 heteroatoms. The lowest BCUT2D eigenvalue weighted by atomic mass is 10.1. The number of aliphatic carboxylic acids is 1. The summed E-state index contributed by atoms with van der Waals surface area (Å²) < 4.78 is 71.4. The van der Waals surface area contributed by atoms with Crippen molar-refractivity contribution in [3.8, 4) is 22.6 Å². The van der Waals surface area contributed by atoms with Crippen molar-refractivity contribution < 1.29 is 57.9 Å². The van der Waals surface area contributed by atoms with Gasteiger partial charge in [0.2, 0.25) is 10.7 Å². The highest BCUT2D eigenvalue weighted by Gasteiger charge is 2.33. The molecule has 0 saturated carbocycles. The number of carbonyl (C=O) groups excluding carboxylic acids is 1. The first-order valence-corrected chi connectivity index (χ1v) is 16.4. The fourth-order valence-corrected chi connectivity index (χ4v) is 6.41. The van der Waals surface area contributed by atoms with Gasteiger partial charge in [-0.25, -0.2) is 9.15 Å². The maximum atomic E-state index is 13.2. The molecule has 0 N–H and O–H groups in total. The zero-order chi connectivity index (χ0) is 36.3. The monoisotopic (exact) mass is 732 g/mol. The van der Waals surface area contributed by atoms with Gasteiger partial charge in [0.1, 0.15) is 56.8 Å². The van der Waals surface area contributed by atoms with Gasteiger partial charge in [-0.15, -0.1) is 0 Å². The summed E-state index contributed by atoms with van der Waals surface area (Å²) in [4.78, 5) is 8.78. The van der Waals surface area contributed by atoms with E-state index in [1.165, 1.54) is 19.8 Å². The quantitative estimate of drug-likeness (QED) is 0.156. The maximum Gasteiger partial charge on any atom is 0.430 e. The zero-order valence-electron chi connectivity index (χ0n) is 28.7. The number of carboxylic acid groups (broad SMARTS) is 1. The highest BCUT2D eigenvalue weighted by atomic mass is 35.5. The van der Waals surface area contributed by atoms with Crippen molar-refractivity contribution in [1.29, 1.82) is 0 Å². The van der Waals surface area contributed by atoms with Gasteiger partial charge in [-0.05, 0) is 55.3 Å². The van der Waals surface area contributed by atoms with Gasteiger partial charge in [-0.2, -0.15) is 13.2 Å². The number of halogens is 4. The number of hydrogen-bond donors (Lipinski definition) is 0. The topological polar surface area (TPSA) is 108 Å². The number of fused-ring (bicyclic) bond motifs is 4. The van der Waals surface area contributed by atoms with Crippen molar-refractivity contribution in [3.63, 3.8) is 0 Å². The van der Waals surface area contributed by atoms with E-state index in [1.807, 2.05) is 76.1 Å². The number of hydrogen-bond acceptors (Lipinski definition) is 7. The molecule has 0 saturated heterocycles. The number of benzene rings is 4. The van der Waals surface area contributed by atoms with Crippen LogP contribution in [0.2, 0.25) is 0 Å². The molecule has 266 valence electrons. The van der Waals surface area contributed by atoms with E-state index >= 15 is 0 Å². The molecule has 2 aromatic rings. The Kier molecular flexibility index (Phi) is 12.8. The summed E-state index contributed by atoms with van der Waals surface area (Å²) in [5.74, 6) is -1.43. The van der Waals surface area contributed by atoms with Crippen molar-refractivity contribution in [3.05, 3.63) is 101 Å². The molecule has 2 aromatic carbocycles. The normalized spacial score (nSPS) is 11.3. The molecular weight excluding hydrogens is 696 g/mol. The minimum absolute atomic E-state index is 0. The van der Waals surface area contributed by atoms with E-state index in [9.17, 15) is 17.7 Å². The number of aryl methyl sites for hydroxylation is 2. The van der Waals surface area contributed by atoms with Crippen LogP contribution >= 0.6 is 7.60 Å². The minimum Gasteiger partial charge on any atom is -1.00 e. The van der Waals surface area contributed by atoms with Gasteiger partial charge in [0.15, 0.2) is 0 Å². The average Bonchev–Trinajstić information content (AvgIpc) is 3.05. The summed E-state index contributed by atoms with van der Waals surface area (Å²) in [5, 5.41) is 13.3. The number of alkyl halides is 3. The first-order valence-electron chi connectivity index (χ1n) is 14.9. The van der Waals surface area contributed by atoms with Crippen molar-refractivity contribution in [2.24, 2.45) is 0 Å². The number of rotatable bonds is 3. The molecule has 50 heavy (non-hydrogen) atoms. The van der Waals surface area contributed by atoms with Gasteiger partial charge in [-0.1, -0.05) is 24.3 Å². The van der Waals surface area contributed by atoms with Crippen molar-refractivity contribution in [1.82, 2.24) is 9.15 Å². The van der Waals surface area contributed by atoms with Gasteiger partial charge in [0, 0.05) is 48.3 Å². The minimum atomic E-state index is -5.19. The molecule has 4 aliphatic rings. The van der Waals surface area contributed by atoms with Crippen molar-refractivity contribution in [2.75, 3.05) is 42.4 Å². The number of carbonyl (C=O) groups is 1. The van der Waals surface area contributed by atoms with Crippen LogP contribution < -0.4 is 42.7 Å². The van der Waals surface area contributed by atoms with E-state index in [1.54, 1.807) is 0 Å². The van der Waals surface area contributed by atoms with Crippen LogP contribution in [-0.4, -0.2) is 54.6 Å². The lowest BCUT2D eigenvalue weighted by molar-refractivity contribution is -0.344.